The first kappa shape index (κ1) is 12.3. The molecule has 84 valence electrons. The molecule has 0 aliphatic heterocycles. The first-order valence-corrected chi connectivity index (χ1v) is 5.97. The second-order valence-corrected chi connectivity index (χ2v) is 5.70. The van der Waals surface area contributed by atoms with Crippen LogP contribution in [0.5, 0.6) is 0 Å². The Balaban J connectivity index is 3.13. The highest BCUT2D eigenvalue weighted by Gasteiger charge is 2.37. The average Bonchev–Trinajstić information content (AvgIpc) is 2.18. The van der Waals surface area contributed by atoms with Crippen LogP contribution >= 0.6 is 0 Å². The molecule has 0 aromatic heterocycles. The maximum Gasteiger partial charge on any atom is -0.00269 e. The molecule has 0 amide bonds. The van der Waals surface area contributed by atoms with Gasteiger partial charge < -0.3 is 0 Å². The molecule has 1 aromatic carbocycles. The standard InChI is InChI=1S/C15H24/c1-6-12-15(5,14(2,3)4)13-10-8-7-9-11-13/h7-11H,6,12H2,1-5H3. The normalized spacial score (nSPS) is 16.1. The van der Waals surface area contributed by atoms with Crippen LogP contribution in [0.1, 0.15) is 53.0 Å². The van der Waals surface area contributed by atoms with Crippen molar-refractivity contribution in [2.24, 2.45) is 5.41 Å². The lowest BCUT2D eigenvalue weighted by Crippen LogP contribution is -2.37. The van der Waals surface area contributed by atoms with Gasteiger partial charge in [0.15, 0.2) is 0 Å². The van der Waals surface area contributed by atoms with Crippen molar-refractivity contribution in [3.05, 3.63) is 35.9 Å². The van der Waals surface area contributed by atoms with Gasteiger partial charge in [0.25, 0.3) is 0 Å². The summed E-state index contributed by atoms with van der Waals surface area (Å²) in [6.45, 7) is 11.7. The minimum Gasteiger partial charge on any atom is -0.0654 e. The molecule has 0 spiro atoms. The Morgan fingerprint density at radius 1 is 0.933 bits per heavy atom. The van der Waals surface area contributed by atoms with Gasteiger partial charge in [0, 0.05) is 0 Å². The highest BCUT2D eigenvalue weighted by atomic mass is 14.4. The molecule has 0 heterocycles. The second-order valence-electron chi connectivity index (χ2n) is 5.70. The molecule has 0 fully saturated rings. The van der Waals surface area contributed by atoms with Gasteiger partial charge in [-0.15, -0.1) is 0 Å². The highest BCUT2D eigenvalue weighted by Crippen LogP contribution is 2.44. The molecule has 0 heteroatoms. The maximum absolute atomic E-state index is 2.39. The van der Waals surface area contributed by atoms with Crippen LogP contribution in [0.4, 0.5) is 0 Å². The topological polar surface area (TPSA) is 0 Å². The number of rotatable bonds is 3. The monoisotopic (exact) mass is 204 g/mol. The minimum absolute atomic E-state index is 0.281. The lowest BCUT2D eigenvalue weighted by atomic mass is 9.62. The fourth-order valence-electron chi connectivity index (χ4n) is 2.26. The van der Waals surface area contributed by atoms with Gasteiger partial charge >= 0.3 is 0 Å². The summed E-state index contributed by atoms with van der Waals surface area (Å²) in [7, 11) is 0. The first-order chi connectivity index (χ1) is 6.92. The Morgan fingerprint density at radius 2 is 1.47 bits per heavy atom. The second kappa shape index (κ2) is 4.38. The van der Waals surface area contributed by atoms with E-state index < -0.39 is 0 Å². The Bertz CT molecular complexity index is 292. The van der Waals surface area contributed by atoms with Crippen molar-refractivity contribution < 1.29 is 0 Å². The van der Waals surface area contributed by atoms with Crippen LogP contribution in [0.25, 0.3) is 0 Å². The lowest BCUT2D eigenvalue weighted by molar-refractivity contribution is 0.187. The van der Waals surface area contributed by atoms with E-state index in [0.29, 0.717) is 5.41 Å². The van der Waals surface area contributed by atoms with Crippen molar-refractivity contribution in [1.29, 1.82) is 0 Å². The van der Waals surface area contributed by atoms with E-state index in [1.165, 1.54) is 18.4 Å². The van der Waals surface area contributed by atoms with E-state index >= 15 is 0 Å². The quantitative estimate of drug-likeness (QED) is 0.664. The van der Waals surface area contributed by atoms with Crippen molar-refractivity contribution in [2.75, 3.05) is 0 Å². The molecule has 1 atom stereocenters. The third-order valence-corrected chi connectivity index (χ3v) is 3.82. The summed E-state index contributed by atoms with van der Waals surface area (Å²) < 4.78 is 0. The Hall–Kier alpha value is -0.780. The summed E-state index contributed by atoms with van der Waals surface area (Å²) >= 11 is 0. The zero-order valence-electron chi connectivity index (χ0n) is 10.8. The van der Waals surface area contributed by atoms with E-state index in [1.807, 2.05) is 0 Å². The predicted octanol–water partition coefficient (Wildman–Crippen LogP) is 4.79. The average molecular weight is 204 g/mol. The smallest absolute Gasteiger partial charge is 0.00269 e. The number of hydrogen-bond donors (Lipinski definition) is 0. The summed E-state index contributed by atoms with van der Waals surface area (Å²) in [5.74, 6) is 0. The fraction of sp³-hybridized carbons (Fsp3) is 0.600. The molecule has 1 aromatic rings. The van der Waals surface area contributed by atoms with Crippen LogP contribution in [-0.2, 0) is 5.41 Å². The Labute approximate surface area is 94.7 Å². The zero-order chi connectivity index (χ0) is 11.5. The molecular weight excluding hydrogens is 180 g/mol. The molecule has 0 bridgehead atoms. The van der Waals surface area contributed by atoms with Crippen LogP contribution in [0.3, 0.4) is 0 Å². The first-order valence-electron chi connectivity index (χ1n) is 5.97. The van der Waals surface area contributed by atoms with Crippen LogP contribution in [0, 0.1) is 5.41 Å². The fourth-order valence-corrected chi connectivity index (χ4v) is 2.26. The van der Waals surface area contributed by atoms with Gasteiger partial charge in [-0.3, -0.25) is 0 Å². The van der Waals surface area contributed by atoms with Gasteiger partial charge in [0.1, 0.15) is 0 Å². The molecular formula is C15H24. The van der Waals surface area contributed by atoms with Gasteiger partial charge in [-0.25, -0.2) is 0 Å². The van der Waals surface area contributed by atoms with Crippen molar-refractivity contribution in [3.63, 3.8) is 0 Å². The molecule has 0 radical (unpaired) electrons. The van der Waals surface area contributed by atoms with Crippen LogP contribution in [0.2, 0.25) is 0 Å². The maximum atomic E-state index is 2.39. The number of benzene rings is 1. The van der Waals surface area contributed by atoms with Crippen LogP contribution in [-0.4, -0.2) is 0 Å². The van der Waals surface area contributed by atoms with Gasteiger partial charge in [-0.05, 0) is 22.8 Å². The zero-order valence-corrected chi connectivity index (χ0v) is 10.8. The molecule has 0 saturated carbocycles. The third kappa shape index (κ3) is 2.42. The van der Waals surface area contributed by atoms with Crippen molar-refractivity contribution in [2.45, 2.75) is 52.9 Å². The molecule has 1 unspecified atom stereocenters. The highest BCUT2D eigenvalue weighted by molar-refractivity contribution is 5.26. The van der Waals surface area contributed by atoms with Crippen molar-refractivity contribution in [3.8, 4) is 0 Å². The predicted molar refractivity (Wildman–Crippen MR) is 68.2 cm³/mol. The molecule has 0 aliphatic carbocycles. The van der Waals surface area contributed by atoms with E-state index in [4.69, 9.17) is 0 Å². The summed E-state index contributed by atoms with van der Waals surface area (Å²) in [6.07, 6.45) is 2.49. The summed E-state index contributed by atoms with van der Waals surface area (Å²) in [4.78, 5) is 0. The van der Waals surface area contributed by atoms with Gasteiger partial charge in [-0.2, -0.15) is 0 Å². The summed E-state index contributed by atoms with van der Waals surface area (Å²) in [5, 5.41) is 0. The van der Waals surface area contributed by atoms with Crippen LogP contribution < -0.4 is 0 Å². The Kier molecular flexibility index (Phi) is 3.59. The lowest BCUT2D eigenvalue weighted by Gasteiger charge is -2.42. The summed E-state index contributed by atoms with van der Waals surface area (Å²) in [6, 6.07) is 10.9. The van der Waals surface area contributed by atoms with E-state index in [9.17, 15) is 0 Å². The van der Waals surface area contributed by atoms with Gasteiger partial charge in [0.05, 0.1) is 0 Å². The largest absolute Gasteiger partial charge is 0.0654 e. The van der Waals surface area contributed by atoms with E-state index in [1.54, 1.807) is 0 Å². The van der Waals surface area contributed by atoms with Gasteiger partial charge in [-0.1, -0.05) is 71.4 Å². The minimum atomic E-state index is 0.281. The van der Waals surface area contributed by atoms with E-state index in [-0.39, 0.29) is 5.41 Å². The SMILES string of the molecule is CCCC(C)(c1ccccc1)C(C)(C)C. The molecule has 0 saturated heterocycles. The summed E-state index contributed by atoms with van der Waals surface area (Å²) in [5.41, 5.74) is 2.06. The van der Waals surface area contributed by atoms with E-state index in [2.05, 4.69) is 65.0 Å². The van der Waals surface area contributed by atoms with Crippen molar-refractivity contribution >= 4 is 0 Å². The molecule has 15 heavy (non-hydrogen) atoms. The number of hydrogen-bond acceptors (Lipinski definition) is 0. The third-order valence-electron chi connectivity index (χ3n) is 3.82. The van der Waals surface area contributed by atoms with Crippen molar-refractivity contribution in [1.82, 2.24) is 0 Å². The molecule has 0 nitrogen and oxygen atoms in total. The van der Waals surface area contributed by atoms with Gasteiger partial charge in [0.2, 0.25) is 0 Å². The molecule has 0 aliphatic rings. The van der Waals surface area contributed by atoms with E-state index in [0.717, 1.165) is 0 Å². The molecule has 1 rings (SSSR count). The van der Waals surface area contributed by atoms with Crippen LogP contribution in [0.15, 0.2) is 30.3 Å². The Morgan fingerprint density at radius 3 is 1.87 bits per heavy atom. The molecule has 0 N–H and O–H groups in total.